The van der Waals surface area contributed by atoms with Gasteiger partial charge in [-0.05, 0) is 19.3 Å². The summed E-state index contributed by atoms with van der Waals surface area (Å²) in [7, 11) is 0. The second-order valence-electron chi connectivity index (χ2n) is 8.71. The smallest absolute Gasteiger partial charge is 0.335 e. The lowest BCUT2D eigenvalue weighted by molar-refractivity contribution is -0.164. The van der Waals surface area contributed by atoms with E-state index in [9.17, 15) is 9.59 Å². The monoisotopic (exact) mass is 508 g/mol. The molecule has 12 heteroatoms. The Morgan fingerprint density at radius 3 is 1.74 bits per heavy atom. The first-order valence-corrected chi connectivity index (χ1v) is 12.4. The van der Waals surface area contributed by atoms with Crippen molar-refractivity contribution >= 4 is 17.8 Å². The van der Waals surface area contributed by atoms with Gasteiger partial charge in [0.25, 0.3) is 0 Å². The third kappa shape index (κ3) is 20.0. The van der Waals surface area contributed by atoms with Gasteiger partial charge in [0.1, 0.15) is 18.3 Å². The molecular weight excluding hydrogens is 460 g/mol. The molecule has 0 aromatic heterocycles. The van der Waals surface area contributed by atoms with Crippen LogP contribution in [0.5, 0.6) is 0 Å². The second-order valence-corrected chi connectivity index (χ2v) is 8.71. The summed E-state index contributed by atoms with van der Waals surface area (Å²) in [6.07, 6.45) is 6.05. The number of hydrogen-bond acceptors (Lipinski definition) is 8. The van der Waals surface area contributed by atoms with E-state index in [1.807, 2.05) is 0 Å². The van der Waals surface area contributed by atoms with E-state index in [1.54, 1.807) is 0 Å². The number of aliphatic hydroxyl groups is 5. The zero-order valence-electron chi connectivity index (χ0n) is 20.9. The number of nitrogens with one attached hydrogen (secondary N) is 2. The fourth-order valence-corrected chi connectivity index (χ4v) is 3.36. The predicted octanol–water partition coefficient (Wildman–Crippen LogP) is -0.221. The van der Waals surface area contributed by atoms with Crippen molar-refractivity contribution in [1.29, 1.82) is 5.41 Å². The normalized spacial score (nSPS) is 15.1. The third-order valence-corrected chi connectivity index (χ3v) is 5.61. The van der Waals surface area contributed by atoms with Crippen LogP contribution in [-0.4, -0.2) is 86.0 Å². The van der Waals surface area contributed by atoms with Gasteiger partial charge in [0, 0.05) is 12.5 Å². The number of hydrogen-bond donors (Lipinski definition) is 10. The molecule has 0 heterocycles. The first-order chi connectivity index (χ1) is 16.5. The van der Waals surface area contributed by atoms with E-state index < -0.39 is 37.0 Å². The average Bonchev–Trinajstić information content (AvgIpc) is 2.82. The fourth-order valence-electron chi connectivity index (χ4n) is 3.36. The van der Waals surface area contributed by atoms with E-state index in [0.717, 1.165) is 32.1 Å². The quantitative estimate of drug-likeness (QED) is 0.0588. The minimum Gasteiger partial charge on any atom is -0.479 e. The Morgan fingerprint density at radius 2 is 1.31 bits per heavy atom. The molecule has 0 bridgehead atoms. The molecule has 0 aliphatic carbocycles. The summed E-state index contributed by atoms with van der Waals surface area (Å²) < 4.78 is 0. The molecule has 208 valence electrons. The van der Waals surface area contributed by atoms with E-state index in [0.29, 0.717) is 6.54 Å². The van der Waals surface area contributed by atoms with Crippen LogP contribution < -0.4 is 16.8 Å². The molecule has 0 spiro atoms. The molecule has 0 aromatic rings. The van der Waals surface area contributed by atoms with E-state index in [1.165, 1.54) is 44.9 Å². The minimum atomic E-state index is -2.20. The summed E-state index contributed by atoms with van der Waals surface area (Å²) in [5.74, 6) is -1.87. The molecule has 0 saturated heterocycles. The summed E-state index contributed by atoms with van der Waals surface area (Å²) in [6, 6.07) is 0. The summed E-state index contributed by atoms with van der Waals surface area (Å²) in [5, 5.41) is 61.6. The van der Waals surface area contributed by atoms with Gasteiger partial charge in [0.2, 0.25) is 5.91 Å². The van der Waals surface area contributed by atoms with Crippen LogP contribution in [0, 0.1) is 11.3 Å². The summed E-state index contributed by atoms with van der Waals surface area (Å²) in [5.41, 5.74) is 10.7. The molecule has 0 rings (SSSR count). The first-order valence-electron chi connectivity index (χ1n) is 12.4. The Labute approximate surface area is 208 Å². The van der Waals surface area contributed by atoms with E-state index in [-0.39, 0.29) is 17.8 Å². The Hall–Kier alpha value is -1.99. The maximum absolute atomic E-state index is 11.5. The molecule has 0 aliphatic rings. The number of carbonyl (C=O) groups is 2. The maximum atomic E-state index is 11.5. The number of nitrogens with two attached hydrogens (primary N) is 2. The molecule has 0 saturated carbocycles. The number of carbonyl (C=O) groups excluding carboxylic acids is 1. The van der Waals surface area contributed by atoms with Crippen LogP contribution in [0.3, 0.4) is 0 Å². The number of unbranched alkanes of at least 4 members (excludes halogenated alkanes) is 8. The standard InChI is InChI=1S/C17H36N4O.C6H12O7/c1-2-3-4-5-6-7-8-9-12-15(16(18)22)13-10-11-14-21-17(19)20;7-1-2(8)3(9)4(10)5(11)6(12)13/h15H,2-14H2,1H3,(H2,18,22)(H4,19,20,21);2-5,7-11H,1H2,(H,12,13)/t;2-,3-,4+,5-/m.1/s1. The van der Waals surface area contributed by atoms with E-state index >= 15 is 0 Å². The highest BCUT2D eigenvalue weighted by Gasteiger charge is 2.33. The van der Waals surface area contributed by atoms with Crippen LogP contribution in [0.15, 0.2) is 0 Å². The number of rotatable bonds is 20. The average molecular weight is 509 g/mol. The lowest BCUT2D eigenvalue weighted by atomic mass is 9.94. The largest absolute Gasteiger partial charge is 0.479 e. The van der Waals surface area contributed by atoms with Crippen molar-refractivity contribution in [3.8, 4) is 0 Å². The predicted molar refractivity (Wildman–Crippen MR) is 132 cm³/mol. The lowest BCUT2D eigenvalue weighted by Gasteiger charge is -2.23. The third-order valence-electron chi connectivity index (χ3n) is 5.61. The van der Waals surface area contributed by atoms with Gasteiger partial charge in [-0.1, -0.05) is 64.7 Å². The molecular formula is C23H48N4O8. The van der Waals surface area contributed by atoms with Crippen LogP contribution in [-0.2, 0) is 9.59 Å². The van der Waals surface area contributed by atoms with Crippen LogP contribution in [0.4, 0.5) is 0 Å². The molecule has 35 heavy (non-hydrogen) atoms. The highest BCUT2D eigenvalue weighted by molar-refractivity contribution is 5.76. The zero-order valence-corrected chi connectivity index (χ0v) is 20.9. The van der Waals surface area contributed by atoms with Crippen molar-refractivity contribution in [3.05, 3.63) is 0 Å². The highest BCUT2D eigenvalue weighted by atomic mass is 16.4. The summed E-state index contributed by atoms with van der Waals surface area (Å²) in [4.78, 5) is 21.6. The Morgan fingerprint density at radius 1 is 0.829 bits per heavy atom. The topological polar surface area (TPSA) is 243 Å². The number of carboxylic acid groups (broad SMARTS) is 1. The van der Waals surface area contributed by atoms with Gasteiger partial charge in [0.15, 0.2) is 12.1 Å². The second kappa shape index (κ2) is 22.5. The number of aliphatic carboxylic acids is 1. The van der Waals surface area contributed by atoms with Crippen molar-refractivity contribution in [2.45, 2.75) is 108 Å². The van der Waals surface area contributed by atoms with Crippen molar-refractivity contribution in [1.82, 2.24) is 5.32 Å². The van der Waals surface area contributed by atoms with Crippen LogP contribution >= 0.6 is 0 Å². The minimum absolute atomic E-state index is 0.00499. The molecule has 0 aliphatic heterocycles. The van der Waals surface area contributed by atoms with Crippen LogP contribution in [0.25, 0.3) is 0 Å². The van der Waals surface area contributed by atoms with E-state index in [4.69, 9.17) is 47.5 Å². The zero-order chi connectivity index (χ0) is 27.2. The number of primary amides is 1. The van der Waals surface area contributed by atoms with Gasteiger partial charge in [-0.2, -0.15) is 0 Å². The Kier molecular flexibility index (Phi) is 22.6. The molecule has 0 fully saturated rings. The number of amides is 1. The summed E-state index contributed by atoms with van der Waals surface area (Å²) in [6.45, 7) is 2.09. The molecule has 5 atom stereocenters. The van der Waals surface area contributed by atoms with Crippen molar-refractivity contribution < 1.29 is 40.2 Å². The number of guanidine groups is 1. The first kappa shape index (κ1) is 35.2. The van der Waals surface area contributed by atoms with Crippen LogP contribution in [0.2, 0.25) is 0 Å². The van der Waals surface area contributed by atoms with Gasteiger partial charge < -0.3 is 47.4 Å². The van der Waals surface area contributed by atoms with Crippen molar-refractivity contribution in [3.63, 3.8) is 0 Å². The molecule has 12 N–H and O–H groups in total. The fraction of sp³-hybridized carbons (Fsp3) is 0.870. The van der Waals surface area contributed by atoms with Crippen molar-refractivity contribution in [2.75, 3.05) is 13.2 Å². The molecule has 1 amide bonds. The molecule has 0 aromatic carbocycles. The van der Waals surface area contributed by atoms with Gasteiger partial charge in [0.05, 0.1) is 6.61 Å². The Bertz CT molecular complexity index is 568. The lowest BCUT2D eigenvalue weighted by Crippen LogP contribution is -2.48. The highest BCUT2D eigenvalue weighted by Crippen LogP contribution is 2.17. The molecule has 12 nitrogen and oxygen atoms in total. The van der Waals surface area contributed by atoms with Gasteiger partial charge in [-0.25, -0.2) is 4.79 Å². The maximum Gasteiger partial charge on any atom is 0.335 e. The van der Waals surface area contributed by atoms with E-state index in [2.05, 4.69) is 12.2 Å². The summed E-state index contributed by atoms with van der Waals surface area (Å²) >= 11 is 0. The molecule has 0 radical (unpaired) electrons. The van der Waals surface area contributed by atoms with Gasteiger partial charge in [-0.3, -0.25) is 10.2 Å². The SMILES string of the molecule is CCCCCCCCCCC(CCCCNC(=N)N)C(N)=O.O=C(O)[C@H](O)[C@@H](O)[C@H](O)[C@H](O)CO. The van der Waals surface area contributed by atoms with Crippen LogP contribution in [0.1, 0.15) is 84.0 Å². The Balaban J connectivity index is 0. The number of carboxylic acids is 1. The van der Waals surface area contributed by atoms with Gasteiger partial charge >= 0.3 is 5.97 Å². The van der Waals surface area contributed by atoms with Gasteiger partial charge in [-0.15, -0.1) is 0 Å². The van der Waals surface area contributed by atoms with Crippen molar-refractivity contribution in [2.24, 2.45) is 17.4 Å². The number of aliphatic hydroxyl groups excluding tert-OH is 5. The molecule has 1 unspecified atom stereocenters.